The van der Waals surface area contributed by atoms with Gasteiger partial charge in [-0.25, -0.2) is 24.0 Å². The SMILES string of the molecule is CCOC(=O)c1ncc(C(C)C)n1N(C(=O)OCC)C(=O)OCC. The fourth-order valence-corrected chi connectivity index (χ4v) is 1.90. The number of imide groups is 1. The Morgan fingerprint density at radius 2 is 1.54 bits per heavy atom. The number of esters is 1. The number of carbonyl (C=O) groups excluding carboxylic acids is 3. The van der Waals surface area contributed by atoms with Crippen LogP contribution in [0.15, 0.2) is 6.20 Å². The first-order valence-electron chi connectivity index (χ1n) is 7.77. The fourth-order valence-electron chi connectivity index (χ4n) is 1.90. The van der Waals surface area contributed by atoms with E-state index in [-0.39, 0.29) is 31.6 Å². The quantitative estimate of drug-likeness (QED) is 0.578. The number of amides is 2. The first-order valence-corrected chi connectivity index (χ1v) is 7.77. The number of aromatic nitrogens is 2. The molecule has 2 amide bonds. The molecule has 0 atom stereocenters. The minimum Gasteiger partial charge on any atom is -0.460 e. The van der Waals surface area contributed by atoms with Gasteiger partial charge in [0.15, 0.2) is 0 Å². The normalized spacial score (nSPS) is 10.4. The van der Waals surface area contributed by atoms with E-state index in [4.69, 9.17) is 14.2 Å². The van der Waals surface area contributed by atoms with E-state index in [1.807, 2.05) is 13.8 Å². The molecule has 0 unspecified atom stereocenters. The van der Waals surface area contributed by atoms with Crippen LogP contribution in [0.4, 0.5) is 9.59 Å². The van der Waals surface area contributed by atoms with E-state index >= 15 is 0 Å². The van der Waals surface area contributed by atoms with Crippen molar-refractivity contribution in [1.82, 2.24) is 9.66 Å². The van der Waals surface area contributed by atoms with E-state index in [9.17, 15) is 14.4 Å². The van der Waals surface area contributed by atoms with Crippen molar-refractivity contribution in [1.29, 1.82) is 0 Å². The molecule has 0 saturated heterocycles. The van der Waals surface area contributed by atoms with Gasteiger partial charge in [0.05, 0.1) is 31.7 Å². The average Bonchev–Trinajstić information content (AvgIpc) is 2.93. The second-order valence-electron chi connectivity index (χ2n) is 4.90. The summed E-state index contributed by atoms with van der Waals surface area (Å²) in [6, 6.07) is 0. The lowest BCUT2D eigenvalue weighted by molar-refractivity contribution is 0.0505. The summed E-state index contributed by atoms with van der Waals surface area (Å²) in [6.45, 7) is 8.73. The molecule has 0 spiro atoms. The molecule has 1 heterocycles. The lowest BCUT2D eigenvalue weighted by Crippen LogP contribution is -2.48. The van der Waals surface area contributed by atoms with Gasteiger partial charge in [0, 0.05) is 0 Å². The average molecular weight is 341 g/mol. The standard InChI is InChI=1S/C15H23N3O6/c1-6-22-13(19)12-16-9-11(10(4)5)17(12)18(14(20)23-7-2)15(21)24-8-3/h9-10H,6-8H2,1-5H3. The summed E-state index contributed by atoms with van der Waals surface area (Å²) >= 11 is 0. The van der Waals surface area contributed by atoms with Gasteiger partial charge in [-0.05, 0) is 26.7 Å². The van der Waals surface area contributed by atoms with Gasteiger partial charge >= 0.3 is 18.2 Å². The van der Waals surface area contributed by atoms with Crippen molar-refractivity contribution >= 4 is 18.2 Å². The fraction of sp³-hybridized carbons (Fsp3) is 0.600. The van der Waals surface area contributed by atoms with Crippen molar-refractivity contribution in [3.05, 3.63) is 17.7 Å². The van der Waals surface area contributed by atoms with Crippen molar-refractivity contribution in [2.45, 2.75) is 40.5 Å². The van der Waals surface area contributed by atoms with Gasteiger partial charge in [-0.2, -0.15) is 0 Å². The highest BCUT2D eigenvalue weighted by molar-refractivity contribution is 6.03. The molecule has 0 aliphatic rings. The molecule has 0 N–H and O–H groups in total. The summed E-state index contributed by atoms with van der Waals surface area (Å²) in [7, 11) is 0. The van der Waals surface area contributed by atoms with Gasteiger partial charge in [0.25, 0.3) is 0 Å². The first kappa shape index (κ1) is 19.5. The molecular formula is C15H23N3O6. The molecule has 0 saturated carbocycles. The zero-order valence-electron chi connectivity index (χ0n) is 14.6. The minimum absolute atomic E-state index is 0.0508. The van der Waals surface area contributed by atoms with Gasteiger partial charge in [0.2, 0.25) is 5.82 Å². The lowest BCUT2D eigenvalue weighted by atomic mass is 10.1. The van der Waals surface area contributed by atoms with E-state index in [0.29, 0.717) is 10.7 Å². The Labute approximate surface area is 140 Å². The van der Waals surface area contributed by atoms with Crippen molar-refractivity contribution < 1.29 is 28.6 Å². The Bertz CT molecular complexity index is 578. The third kappa shape index (κ3) is 4.24. The Balaban J connectivity index is 3.47. The molecule has 0 aromatic carbocycles. The molecular weight excluding hydrogens is 318 g/mol. The van der Waals surface area contributed by atoms with E-state index in [2.05, 4.69) is 4.98 Å². The third-order valence-electron chi connectivity index (χ3n) is 2.90. The maximum absolute atomic E-state index is 12.3. The van der Waals surface area contributed by atoms with Crippen molar-refractivity contribution in [3.8, 4) is 0 Å². The number of rotatable bonds is 6. The van der Waals surface area contributed by atoms with Crippen molar-refractivity contribution in [2.24, 2.45) is 0 Å². The third-order valence-corrected chi connectivity index (χ3v) is 2.90. The smallest absolute Gasteiger partial charge is 0.439 e. The van der Waals surface area contributed by atoms with Crippen LogP contribution in [0.3, 0.4) is 0 Å². The highest BCUT2D eigenvalue weighted by Crippen LogP contribution is 2.19. The van der Waals surface area contributed by atoms with Gasteiger partial charge in [0.1, 0.15) is 0 Å². The molecule has 1 rings (SSSR count). The maximum Gasteiger partial charge on any atom is 0.439 e. The summed E-state index contributed by atoms with van der Waals surface area (Å²) in [5, 5.41) is 0.613. The van der Waals surface area contributed by atoms with Crippen molar-refractivity contribution in [2.75, 3.05) is 24.8 Å². The van der Waals surface area contributed by atoms with E-state index in [1.165, 1.54) is 6.20 Å². The van der Waals surface area contributed by atoms with E-state index < -0.39 is 18.2 Å². The van der Waals surface area contributed by atoms with Crippen molar-refractivity contribution in [3.63, 3.8) is 0 Å². The Morgan fingerprint density at radius 1 is 1.04 bits per heavy atom. The lowest BCUT2D eigenvalue weighted by Gasteiger charge is -2.24. The van der Waals surface area contributed by atoms with Crippen LogP contribution in [0.2, 0.25) is 0 Å². The largest absolute Gasteiger partial charge is 0.460 e. The van der Waals surface area contributed by atoms with Crippen LogP contribution >= 0.6 is 0 Å². The molecule has 0 aliphatic carbocycles. The molecule has 9 nitrogen and oxygen atoms in total. The minimum atomic E-state index is -0.971. The van der Waals surface area contributed by atoms with Gasteiger partial charge in [-0.3, -0.25) is 0 Å². The number of hydrogen-bond donors (Lipinski definition) is 0. The molecule has 1 aromatic rings. The van der Waals surface area contributed by atoms with Crippen LogP contribution < -0.4 is 5.01 Å². The Hall–Kier alpha value is -2.58. The highest BCUT2D eigenvalue weighted by atomic mass is 16.6. The molecule has 0 radical (unpaired) electrons. The van der Waals surface area contributed by atoms with Crippen LogP contribution in [0.1, 0.15) is 56.8 Å². The number of imidazole rings is 1. The Kier molecular flexibility index (Phi) is 7.22. The molecule has 1 aromatic heterocycles. The van der Waals surface area contributed by atoms with Gasteiger partial charge < -0.3 is 14.2 Å². The summed E-state index contributed by atoms with van der Waals surface area (Å²) in [4.78, 5) is 40.7. The second-order valence-corrected chi connectivity index (χ2v) is 4.90. The van der Waals surface area contributed by atoms with Crippen LogP contribution in [-0.4, -0.2) is 47.6 Å². The molecule has 9 heteroatoms. The first-order chi connectivity index (χ1) is 11.4. The van der Waals surface area contributed by atoms with Gasteiger partial charge in [-0.1, -0.05) is 13.8 Å². The van der Waals surface area contributed by atoms with E-state index in [1.54, 1.807) is 20.8 Å². The number of ether oxygens (including phenoxy) is 3. The van der Waals surface area contributed by atoms with Crippen LogP contribution in [0.5, 0.6) is 0 Å². The topological polar surface area (TPSA) is 100.0 Å². The number of carbonyl (C=O) groups is 3. The molecule has 134 valence electrons. The maximum atomic E-state index is 12.3. The summed E-state index contributed by atoms with van der Waals surface area (Å²) in [5.41, 5.74) is 0.458. The highest BCUT2D eigenvalue weighted by Gasteiger charge is 2.33. The predicted molar refractivity (Wildman–Crippen MR) is 84.5 cm³/mol. The molecule has 0 bridgehead atoms. The summed E-state index contributed by atoms with van der Waals surface area (Å²) in [5.74, 6) is -1.10. The van der Waals surface area contributed by atoms with E-state index in [0.717, 1.165) is 4.68 Å². The Morgan fingerprint density at radius 3 is 1.96 bits per heavy atom. The van der Waals surface area contributed by atoms with Gasteiger partial charge in [-0.15, -0.1) is 5.01 Å². The predicted octanol–water partition coefficient (Wildman–Crippen LogP) is 2.43. The number of hydrogen-bond acceptors (Lipinski definition) is 7. The van der Waals surface area contributed by atoms with Crippen LogP contribution in [0.25, 0.3) is 0 Å². The molecule has 0 fully saturated rings. The zero-order valence-corrected chi connectivity index (χ0v) is 14.6. The second kappa shape index (κ2) is 8.90. The summed E-state index contributed by atoms with van der Waals surface area (Å²) in [6.07, 6.45) is -0.537. The zero-order chi connectivity index (χ0) is 18.3. The molecule has 24 heavy (non-hydrogen) atoms. The van der Waals surface area contributed by atoms with Crippen LogP contribution in [0, 0.1) is 0 Å². The summed E-state index contributed by atoms with van der Waals surface area (Å²) < 4.78 is 15.8. The number of nitrogens with zero attached hydrogens (tertiary/aromatic N) is 3. The van der Waals surface area contributed by atoms with Crippen LogP contribution in [-0.2, 0) is 14.2 Å². The monoisotopic (exact) mass is 341 g/mol. The molecule has 0 aliphatic heterocycles.